The van der Waals surface area contributed by atoms with Crippen molar-refractivity contribution in [2.45, 2.75) is 12.5 Å². The number of furan rings is 1. The number of amides is 1. The Bertz CT molecular complexity index is 357. The minimum atomic E-state index is -0.962. The number of carbonyl (C=O) groups is 2. The smallest absolute Gasteiger partial charge is 0.326 e. The Morgan fingerprint density at radius 3 is 2.79 bits per heavy atom. The second kappa shape index (κ2) is 3.17. The summed E-state index contributed by atoms with van der Waals surface area (Å²) in [6, 6.07) is 2.44. The molecule has 1 unspecified atom stereocenters. The first kappa shape index (κ1) is 8.80. The number of carbonyl (C=O) groups excluding carboxylic acids is 1. The van der Waals surface area contributed by atoms with E-state index in [9.17, 15) is 9.59 Å². The molecule has 1 fully saturated rings. The minimum absolute atomic E-state index is 0.191. The molecule has 5 heteroatoms. The van der Waals surface area contributed by atoms with Gasteiger partial charge in [0.2, 0.25) is 0 Å². The molecule has 1 N–H and O–H groups in total. The van der Waals surface area contributed by atoms with Gasteiger partial charge in [-0.15, -0.1) is 0 Å². The molecule has 2 rings (SSSR count). The molecule has 1 aromatic heterocycles. The lowest BCUT2D eigenvalue weighted by Crippen LogP contribution is -2.55. The summed E-state index contributed by atoms with van der Waals surface area (Å²) in [4.78, 5) is 23.5. The van der Waals surface area contributed by atoms with Gasteiger partial charge in [0.1, 0.15) is 6.04 Å². The van der Waals surface area contributed by atoms with Gasteiger partial charge in [-0.25, -0.2) is 4.79 Å². The fourth-order valence-corrected chi connectivity index (χ4v) is 1.43. The Labute approximate surface area is 79.9 Å². The van der Waals surface area contributed by atoms with Crippen molar-refractivity contribution in [3.63, 3.8) is 0 Å². The highest BCUT2D eigenvalue weighted by atomic mass is 16.4. The zero-order chi connectivity index (χ0) is 10.1. The summed E-state index contributed by atoms with van der Waals surface area (Å²) >= 11 is 0. The van der Waals surface area contributed by atoms with Crippen LogP contribution < -0.4 is 0 Å². The Morgan fingerprint density at radius 2 is 2.36 bits per heavy atom. The predicted octanol–water partition coefficient (Wildman–Crippen LogP) is 0.579. The normalized spacial score (nSPS) is 20.3. The third-order valence-corrected chi connectivity index (χ3v) is 2.30. The van der Waals surface area contributed by atoms with Crippen molar-refractivity contribution < 1.29 is 19.1 Å². The van der Waals surface area contributed by atoms with Crippen LogP contribution in [-0.4, -0.2) is 34.5 Å². The molecule has 0 radical (unpaired) electrons. The van der Waals surface area contributed by atoms with Gasteiger partial charge in [0.05, 0.1) is 6.26 Å². The maximum absolute atomic E-state index is 11.6. The lowest BCUT2D eigenvalue weighted by molar-refractivity contribution is -0.146. The second-order valence-corrected chi connectivity index (χ2v) is 3.12. The number of aliphatic carboxylic acids is 1. The molecule has 14 heavy (non-hydrogen) atoms. The first-order chi connectivity index (χ1) is 6.70. The largest absolute Gasteiger partial charge is 0.480 e. The van der Waals surface area contributed by atoms with Gasteiger partial charge in [-0.1, -0.05) is 0 Å². The SMILES string of the molecule is O=C(O)C1CCN1C(=O)c1ccco1. The average Bonchev–Trinajstić information content (AvgIpc) is 2.51. The topological polar surface area (TPSA) is 70.8 Å². The monoisotopic (exact) mass is 195 g/mol. The Hall–Kier alpha value is -1.78. The van der Waals surface area contributed by atoms with E-state index in [4.69, 9.17) is 9.52 Å². The maximum Gasteiger partial charge on any atom is 0.326 e. The van der Waals surface area contributed by atoms with Crippen molar-refractivity contribution in [2.24, 2.45) is 0 Å². The van der Waals surface area contributed by atoms with E-state index in [0.717, 1.165) is 0 Å². The summed E-state index contributed by atoms with van der Waals surface area (Å²) < 4.78 is 4.90. The highest BCUT2D eigenvalue weighted by molar-refractivity contribution is 5.95. The third-order valence-electron chi connectivity index (χ3n) is 2.30. The molecule has 1 atom stereocenters. The van der Waals surface area contributed by atoms with Crippen molar-refractivity contribution in [3.8, 4) is 0 Å². The average molecular weight is 195 g/mol. The minimum Gasteiger partial charge on any atom is -0.480 e. The molecule has 1 aliphatic heterocycles. The summed E-state index contributed by atoms with van der Waals surface area (Å²) in [6.07, 6.45) is 1.91. The van der Waals surface area contributed by atoms with Crippen molar-refractivity contribution in [1.82, 2.24) is 4.90 Å². The van der Waals surface area contributed by atoms with Crippen LogP contribution in [0.1, 0.15) is 17.0 Å². The zero-order valence-corrected chi connectivity index (χ0v) is 7.34. The van der Waals surface area contributed by atoms with Crippen LogP contribution in [0.2, 0.25) is 0 Å². The molecule has 1 saturated heterocycles. The van der Waals surface area contributed by atoms with E-state index >= 15 is 0 Å². The van der Waals surface area contributed by atoms with Crippen LogP contribution in [-0.2, 0) is 4.79 Å². The zero-order valence-electron chi connectivity index (χ0n) is 7.34. The van der Waals surface area contributed by atoms with Crippen molar-refractivity contribution >= 4 is 11.9 Å². The van der Waals surface area contributed by atoms with Gasteiger partial charge in [-0.2, -0.15) is 0 Å². The van der Waals surface area contributed by atoms with Crippen molar-refractivity contribution in [2.75, 3.05) is 6.54 Å². The van der Waals surface area contributed by atoms with Gasteiger partial charge in [0.15, 0.2) is 5.76 Å². The Kier molecular flexibility index (Phi) is 1.99. The third kappa shape index (κ3) is 1.26. The molecule has 0 aromatic carbocycles. The van der Waals surface area contributed by atoms with Crippen LogP contribution in [0, 0.1) is 0 Å². The molecule has 0 bridgehead atoms. The van der Waals surface area contributed by atoms with Gasteiger partial charge in [0, 0.05) is 6.54 Å². The van der Waals surface area contributed by atoms with Gasteiger partial charge in [-0.3, -0.25) is 4.79 Å². The molecule has 1 amide bonds. The summed E-state index contributed by atoms with van der Waals surface area (Å²) in [5.74, 6) is -1.12. The number of rotatable bonds is 2. The first-order valence-electron chi connectivity index (χ1n) is 4.27. The predicted molar refractivity (Wildman–Crippen MR) is 45.8 cm³/mol. The molecule has 2 heterocycles. The van der Waals surface area contributed by atoms with E-state index in [0.29, 0.717) is 13.0 Å². The Balaban J connectivity index is 2.10. The number of carboxylic acid groups (broad SMARTS) is 1. The molecule has 1 aromatic rings. The van der Waals surface area contributed by atoms with Crippen molar-refractivity contribution in [1.29, 1.82) is 0 Å². The van der Waals surface area contributed by atoms with E-state index in [-0.39, 0.29) is 11.7 Å². The first-order valence-corrected chi connectivity index (χ1v) is 4.27. The van der Waals surface area contributed by atoms with E-state index < -0.39 is 12.0 Å². The molecular formula is C9H9NO4. The number of carboxylic acids is 1. The van der Waals surface area contributed by atoms with E-state index in [2.05, 4.69) is 0 Å². The van der Waals surface area contributed by atoms with E-state index in [1.54, 1.807) is 6.07 Å². The van der Waals surface area contributed by atoms with Crippen LogP contribution in [0.5, 0.6) is 0 Å². The van der Waals surface area contributed by atoms with Crippen LogP contribution in [0.25, 0.3) is 0 Å². The maximum atomic E-state index is 11.6. The molecule has 5 nitrogen and oxygen atoms in total. The van der Waals surface area contributed by atoms with Gasteiger partial charge >= 0.3 is 5.97 Å². The van der Waals surface area contributed by atoms with Crippen LogP contribution in [0.4, 0.5) is 0 Å². The molecule has 74 valence electrons. The Morgan fingerprint density at radius 1 is 1.57 bits per heavy atom. The molecule has 0 aliphatic carbocycles. The summed E-state index contributed by atoms with van der Waals surface area (Å²) in [5.41, 5.74) is 0. The van der Waals surface area contributed by atoms with Crippen LogP contribution >= 0.6 is 0 Å². The fourth-order valence-electron chi connectivity index (χ4n) is 1.43. The van der Waals surface area contributed by atoms with Crippen LogP contribution in [0.15, 0.2) is 22.8 Å². The summed E-state index contributed by atoms with van der Waals surface area (Å²) in [7, 11) is 0. The summed E-state index contributed by atoms with van der Waals surface area (Å²) in [5, 5.41) is 8.73. The van der Waals surface area contributed by atoms with Crippen LogP contribution in [0.3, 0.4) is 0 Å². The van der Waals surface area contributed by atoms with Gasteiger partial charge in [-0.05, 0) is 18.6 Å². The molecule has 0 saturated carbocycles. The van der Waals surface area contributed by atoms with Crippen molar-refractivity contribution in [3.05, 3.63) is 24.2 Å². The lowest BCUT2D eigenvalue weighted by Gasteiger charge is -2.37. The second-order valence-electron chi connectivity index (χ2n) is 3.12. The fraction of sp³-hybridized carbons (Fsp3) is 0.333. The molecule has 0 spiro atoms. The number of nitrogens with zero attached hydrogens (tertiary/aromatic N) is 1. The highest BCUT2D eigenvalue weighted by Crippen LogP contribution is 2.20. The van der Waals surface area contributed by atoms with Gasteiger partial charge < -0.3 is 14.4 Å². The number of likely N-dealkylation sites (tertiary alicyclic amines) is 1. The highest BCUT2D eigenvalue weighted by Gasteiger charge is 2.38. The summed E-state index contributed by atoms with van der Waals surface area (Å²) in [6.45, 7) is 0.483. The molecular weight excluding hydrogens is 186 g/mol. The lowest BCUT2D eigenvalue weighted by atomic mass is 10.0. The molecule has 1 aliphatic rings. The van der Waals surface area contributed by atoms with E-state index in [1.165, 1.54) is 17.2 Å². The number of hydrogen-bond donors (Lipinski definition) is 1. The standard InChI is InChI=1S/C9H9NO4/c11-8(7-2-1-5-14-7)10-4-3-6(10)9(12)13/h1-2,5-6H,3-4H2,(H,12,13). The number of hydrogen-bond acceptors (Lipinski definition) is 3. The van der Waals surface area contributed by atoms with E-state index in [1.807, 2.05) is 0 Å². The van der Waals surface area contributed by atoms with Gasteiger partial charge in [0.25, 0.3) is 5.91 Å². The quantitative estimate of drug-likeness (QED) is 0.749.